The molecule has 3 amide bonds. The van der Waals surface area contributed by atoms with E-state index in [-0.39, 0.29) is 16.5 Å². The first-order valence-corrected chi connectivity index (χ1v) is 14.2. The highest BCUT2D eigenvalue weighted by atomic mass is 127. The van der Waals surface area contributed by atoms with Crippen molar-refractivity contribution in [2.75, 3.05) is 13.1 Å². The van der Waals surface area contributed by atoms with Crippen LogP contribution in [0.4, 0.5) is 0 Å². The van der Waals surface area contributed by atoms with Gasteiger partial charge in [0.05, 0.1) is 22.1 Å². The van der Waals surface area contributed by atoms with Crippen molar-refractivity contribution in [2.24, 2.45) is 11.5 Å². The molecule has 1 aliphatic carbocycles. The molecule has 206 valence electrons. The van der Waals surface area contributed by atoms with E-state index in [2.05, 4.69) is 54.6 Å². The molecular formula is C27H28IN9O3. The number of H-pyrrole nitrogens is 1. The van der Waals surface area contributed by atoms with Crippen molar-refractivity contribution in [3.05, 3.63) is 75.6 Å². The van der Waals surface area contributed by atoms with Crippen molar-refractivity contribution in [3.8, 4) is 6.07 Å². The molecule has 1 saturated heterocycles. The predicted octanol–water partition coefficient (Wildman–Crippen LogP) is 1.09. The number of tetrazole rings is 1. The summed E-state index contributed by atoms with van der Waals surface area (Å²) in [5.41, 5.74) is 14.6. The lowest BCUT2D eigenvalue weighted by molar-refractivity contribution is -0.130. The number of likely N-dealkylation sites (tertiary alicyclic amines) is 1. The lowest BCUT2D eigenvalue weighted by Gasteiger charge is -2.36. The molecule has 1 aliphatic heterocycles. The third-order valence-corrected chi connectivity index (χ3v) is 8.68. The molecule has 12 nitrogen and oxygen atoms in total. The Bertz CT molecular complexity index is 1440. The molecule has 2 atom stereocenters. The van der Waals surface area contributed by atoms with Gasteiger partial charge in [-0.1, -0.05) is 34.7 Å². The van der Waals surface area contributed by atoms with Crippen LogP contribution < -0.4 is 16.8 Å². The van der Waals surface area contributed by atoms with Gasteiger partial charge in [-0.15, -0.1) is 5.10 Å². The number of nitriles is 1. The molecule has 2 aliphatic rings. The number of hydrogen-bond acceptors (Lipinski definition) is 8. The number of nitrogens with one attached hydrogen (secondary N) is 2. The van der Waals surface area contributed by atoms with E-state index in [0.29, 0.717) is 49.2 Å². The molecule has 0 saturated carbocycles. The highest BCUT2D eigenvalue weighted by molar-refractivity contribution is 14.1. The number of benzene rings is 2. The second-order valence-electron chi connectivity index (χ2n) is 10.1. The van der Waals surface area contributed by atoms with Crippen molar-refractivity contribution in [3.63, 3.8) is 0 Å². The molecule has 1 fully saturated rings. The fraction of sp³-hybridized carbons (Fsp3) is 0.370. The topological polar surface area (TPSA) is 197 Å². The standard InChI is InChI=1S/C27H28IN9O3/c28-22(32-14-23(38)37-9-1-2-19(37)13-29)12-27(26-33-35-36-34-26)20-7-5-17(24(30)39)10-15(20)3-4-16-11-18(25(31)40)6-8-21(16)27/h5-8,10-11,19,22,32H,1-4,9,12,14H2,(H2,30,39)(H2,31,40)(H,33,34,35,36)/t19?,22-/m0/s1. The highest BCUT2D eigenvalue weighted by Gasteiger charge is 2.45. The second kappa shape index (κ2) is 11.3. The van der Waals surface area contributed by atoms with Crippen LogP contribution in [0.5, 0.6) is 0 Å². The largest absolute Gasteiger partial charge is 0.366 e. The summed E-state index contributed by atoms with van der Waals surface area (Å²) >= 11 is 2.26. The minimum atomic E-state index is -0.929. The average Bonchev–Trinajstić information content (AvgIpc) is 3.64. The van der Waals surface area contributed by atoms with Crippen LogP contribution in [0.3, 0.4) is 0 Å². The zero-order valence-electron chi connectivity index (χ0n) is 21.6. The summed E-state index contributed by atoms with van der Waals surface area (Å²) < 4.78 is -0.250. The van der Waals surface area contributed by atoms with E-state index in [0.717, 1.165) is 28.7 Å². The molecular weight excluding hydrogens is 625 g/mol. The Hall–Kier alpha value is -3.90. The van der Waals surface area contributed by atoms with Gasteiger partial charge < -0.3 is 16.4 Å². The van der Waals surface area contributed by atoms with Crippen molar-refractivity contribution >= 4 is 40.3 Å². The number of rotatable bonds is 8. The van der Waals surface area contributed by atoms with E-state index < -0.39 is 23.3 Å². The van der Waals surface area contributed by atoms with E-state index in [1.54, 1.807) is 29.2 Å². The van der Waals surface area contributed by atoms with Gasteiger partial charge in [-0.2, -0.15) is 5.26 Å². The molecule has 5 rings (SSSR count). The molecule has 0 spiro atoms. The van der Waals surface area contributed by atoms with Crippen molar-refractivity contribution in [2.45, 2.75) is 47.6 Å². The molecule has 1 unspecified atom stereocenters. The summed E-state index contributed by atoms with van der Waals surface area (Å²) in [4.78, 5) is 38.7. The zero-order valence-corrected chi connectivity index (χ0v) is 23.7. The number of hydrogen-bond donors (Lipinski definition) is 4. The Labute approximate surface area is 244 Å². The first-order chi connectivity index (χ1) is 19.2. The van der Waals surface area contributed by atoms with Crippen LogP contribution in [0.15, 0.2) is 36.4 Å². The lowest BCUT2D eigenvalue weighted by atomic mass is 9.69. The average molecular weight is 653 g/mol. The minimum Gasteiger partial charge on any atom is -0.366 e. The van der Waals surface area contributed by atoms with Crippen LogP contribution in [-0.4, -0.2) is 66.4 Å². The van der Waals surface area contributed by atoms with Gasteiger partial charge in [0, 0.05) is 17.7 Å². The van der Waals surface area contributed by atoms with Crippen LogP contribution in [0.25, 0.3) is 0 Å². The maximum Gasteiger partial charge on any atom is 0.248 e. The quantitative estimate of drug-likeness (QED) is 0.157. The normalized spacial score (nSPS) is 18.2. The number of fused-ring (bicyclic) bond motifs is 2. The Balaban J connectivity index is 1.58. The van der Waals surface area contributed by atoms with E-state index in [1.165, 1.54) is 0 Å². The number of nitrogens with zero attached hydrogens (tertiary/aromatic N) is 5. The van der Waals surface area contributed by atoms with E-state index >= 15 is 0 Å². The van der Waals surface area contributed by atoms with Gasteiger partial charge in [-0.3, -0.25) is 19.7 Å². The maximum absolute atomic E-state index is 13.0. The molecule has 0 radical (unpaired) electrons. The van der Waals surface area contributed by atoms with Gasteiger partial charge in [0.2, 0.25) is 17.7 Å². The molecule has 3 aromatic rings. The number of aromatic nitrogens is 4. The number of aromatic amines is 1. The van der Waals surface area contributed by atoms with E-state index in [9.17, 15) is 19.6 Å². The van der Waals surface area contributed by atoms with Gasteiger partial charge in [0.15, 0.2) is 5.82 Å². The highest BCUT2D eigenvalue weighted by Crippen LogP contribution is 2.47. The first kappa shape index (κ1) is 27.7. The van der Waals surface area contributed by atoms with Crippen molar-refractivity contribution < 1.29 is 14.4 Å². The molecule has 13 heteroatoms. The number of carbonyl (C=O) groups is 3. The van der Waals surface area contributed by atoms with E-state index in [1.807, 2.05) is 12.1 Å². The molecule has 2 heterocycles. The van der Waals surface area contributed by atoms with Gasteiger partial charge in [0.1, 0.15) is 6.04 Å². The summed E-state index contributed by atoms with van der Waals surface area (Å²) in [7, 11) is 0. The number of amides is 3. The van der Waals surface area contributed by atoms with Crippen LogP contribution in [-0.2, 0) is 23.1 Å². The molecule has 1 aromatic heterocycles. The fourth-order valence-corrected chi connectivity index (χ4v) is 6.79. The lowest BCUT2D eigenvalue weighted by Crippen LogP contribution is -2.44. The van der Waals surface area contributed by atoms with Gasteiger partial charge in [-0.05, 0) is 89.1 Å². The Kier molecular flexibility index (Phi) is 7.81. The monoisotopic (exact) mass is 653 g/mol. The van der Waals surface area contributed by atoms with Gasteiger partial charge in [0.25, 0.3) is 0 Å². The number of aryl methyl sites for hydroxylation is 2. The summed E-state index contributed by atoms with van der Waals surface area (Å²) in [6, 6.07) is 12.6. The molecule has 40 heavy (non-hydrogen) atoms. The molecule has 0 bridgehead atoms. The summed E-state index contributed by atoms with van der Waals surface area (Å²) in [6.45, 7) is 0.640. The third-order valence-electron chi connectivity index (χ3n) is 7.79. The van der Waals surface area contributed by atoms with Crippen LogP contribution in [0.2, 0.25) is 0 Å². The molecule has 2 aromatic carbocycles. The predicted molar refractivity (Wildman–Crippen MR) is 152 cm³/mol. The molecule has 6 N–H and O–H groups in total. The number of nitrogens with two attached hydrogens (primary N) is 2. The maximum atomic E-state index is 13.0. The van der Waals surface area contributed by atoms with Gasteiger partial charge in [-0.25, -0.2) is 5.10 Å². The smallest absolute Gasteiger partial charge is 0.248 e. The number of alkyl halides is 1. The van der Waals surface area contributed by atoms with E-state index in [4.69, 9.17) is 11.5 Å². The Morgan fingerprint density at radius 1 is 1.12 bits per heavy atom. The number of halogens is 1. The fourth-order valence-electron chi connectivity index (χ4n) is 5.91. The summed E-state index contributed by atoms with van der Waals surface area (Å²) in [6.07, 6.45) is 3.08. The Morgan fingerprint density at radius 3 is 2.27 bits per heavy atom. The SMILES string of the molecule is N#CC1CCCN1C(=O)CN[C@H](I)CC1(c2nnn[nH]2)c2ccc(C(N)=O)cc2CCc2cc(C(N)=O)ccc21. The van der Waals surface area contributed by atoms with Crippen molar-refractivity contribution in [1.29, 1.82) is 5.26 Å². The van der Waals surface area contributed by atoms with Crippen molar-refractivity contribution in [1.82, 2.24) is 30.8 Å². The third kappa shape index (κ3) is 5.04. The minimum absolute atomic E-state index is 0.0669. The Morgan fingerprint density at radius 2 is 1.75 bits per heavy atom. The van der Waals surface area contributed by atoms with Crippen LogP contribution >= 0.6 is 22.6 Å². The van der Waals surface area contributed by atoms with Gasteiger partial charge >= 0.3 is 0 Å². The number of primary amides is 2. The first-order valence-electron chi connectivity index (χ1n) is 12.9. The zero-order chi connectivity index (χ0) is 28.4. The van der Waals surface area contributed by atoms with Crippen LogP contribution in [0.1, 0.15) is 68.1 Å². The summed E-state index contributed by atoms with van der Waals surface area (Å²) in [5, 5.41) is 27.8. The van der Waals surface area contributed by atoms with Crippen LogP contribution in [0, 0.1) is 11.3 Å². The second-order valence-corrected chi connectivity index (χ2v) is 11.6. The summed E-state index contributed by atoms with van der Waals surface area (Å²) in [5.74, 6) is -0.705. The number of carbonyl (C=O) groups excluding carboxylic acids is 3.